The molecule has 1 aliphatic heterocycles. The number of nitrogens with zero attached hydrogens (tertiary/aromatic N) is 3. The second-order valence-corrected chi connectivity index (χ2v) is 7.38. The molecule has 4 rings (SSSR count). The highest BCUT2D eigenvalue weighted by atomic mass is 19.4. The zero-order valence-corrected chi connectivity index (χ0v) is 17.0. The van der Waals surface area contributed by atoms with Crippen molar-refractivity contribution >= 4 is 17.4 Å². The van der Waals surface area contributed by atoms with Crippen molar-refractivity contribution in [2.75, 3.05) is 23.3 Å². The van der Waals surface area contributed by atoms with Crippen LogP contribution in [0, 0.1) is 5.95 Å². The normalized spacial score (nSPS) is 16.0. The summed E-state index contributed by atoms with van der Waals surface area (Å²) >= 11 is 0. The molecule has 3 heterocycles. The Kier molecular flexibility index (Phi) is 6.14. The van der Waals surface area contributed by atoms with Crippen LogP contribution < -0.4 is 15.0 Å². The molecular formula is C22H18F4N4O3. The van der Waals surface area contributed by atoms with Crippen molar-refractivity contribution in [3.05, 3.63) is 66.4 Å². The minimum Gasteiger partial charge on any atom is -0.406 e. The number of ether oxygens (including phenoxy) is 1. The van der Waals surface area contributed by atoms with Gasteiger partial charge in [0.2, 0.25) is 5.95 Å². The molecule has 1 atom stereocenters. The molecule has 0 radical (unpaired) electrons. The molecule has 1 saturated heterocycles. The SMILES string of the molecule is O=C(Nc1ccc(OC(F)(F)F)cc1)c1cnc(N2CC[C@@H](O)C2)c(-c2ccc(F)nc2)c1. The highest BCUT2D eigenvalue weighted by molar-refractivity contribution is 6.05. The molecule has 0 spiro atoms. The topological polar surface area (TPSA) is 87.6 Å². The van der Waals surface area contributed by atoms with Gasteiger partial charge in [0.15, 0.2) is 0 Å². The number of aliphatic hydroxyl groups excluding tert-OH is 1. The van der Waals surface area contributed by atoms with Gasteiger partial charge in [-0.2, -0.15) is 4.39 Å². The minimum atomic E-state index is -4.81. The first-order valence-corrected chi connectivity index (χ1v) is 9.90. The fourth-order valence-corrected chi connectivity index (χ4v) is 3.46. The number of carbonyl (C=O) groups is 1. The molecule has 0 unspecified atom stereocenters. The summed E-state index contributed by atoms with van der Waals surface area (Å²) in [7, 11) is 0. The summed E-state index contributed by atoms with van der Waals surface area (Å²) in [6, 6.07) is 8.98. The molecule has 0 aliphatic carbocycles. The van der Waals surface area contributed by atoms with Gasteiger partial charge in [0.05, 0.1) is 11.7 Å². The van der Waals surface area contributed by atoms with Crippen LogP contribution in [-0.2, 0) is 0 Å². The minimum absolute atomic E-state index is 0.174. The van der Waals surface area contributed by atoms with E-state index in [0.29, 0.717) is 36.5 Å². The Hall–Kier alpha value is -3.73. The van der Waals surface area contributed by atoms with Crippen molar-refractivity contribution < 1.29 is 32.2 Å². The van der Waals surface area contributed by atoms with Crippen LogP contribution >= 0.6 is 0 Å². The van der Waals surface area contributed by atoms with Gasteiger partial charge in [-0.05, 0) is 48.9 Å². The van der Waals surface area contributed by atoms with Crippen molar-refractivity contribution in [1.82, 2.24) is 9.97 Å². The number of pyridine rings is 2. The first-order chi connectivity index (χ1) is 15.7. The van der Waals surface area contributed by atoms with E-state index in [1.54, 1.807) is 6.07 Å². The van der Waals surface area contributed by atoms with Gasteiger partial charge in [-0.15, -0.1) is 13.2 Å². The fourth-order valence-electron chi connectivity index (χ4n) is 3.46. The Balaban J connectivity index is 1.59. The molecule has 11 heteroatoms. The van der Waals surface area contributed by atoms with Crippen molar-refractivity contribution in [1.29, 1.82) is 0 Å². The van der Waals surface area contributed by atoms with Crippen LogP contribution in [0.1, 0.15) is 16.8 Å². The molecule has 3 aromatic rings. The number of aromatic nitrogens is 2. The maximum atomic E-state index is 13.3. The number of hydrogen-bond donors (Lipinski definition) is 2. The third-order valence-electron chi connectivity index (χ3n) is 4.98. The van der Waals surface area contributed by atoms with E-state index in [1.165, 1.54) is 36.7 Å². The van der Waals surface area contributed by atoms with Crippen LogP contribution in [-0.4, -0.2) is 46.5 Å². The van der Waals surface area contributed by atoms with E-state index in [4.69, 9.17) is 0 Å². The third-order valence-corrected chi connectivity index (χ3v) is 4.98. The van der Waals surface area contributed by atoms with Gasteiger partial charge < -0.3 is 20.1 Å². The number of amides is 1. The second-order valence-electron chi connectivity index (χ2n) is 7.38. The molecule has 1 aliphatic rings. The van der Waals surface area contributed by atoms with Gasteiger partial charge >= 0.3 is 6.36 Å². The number of alkyl halides is 3. The molecular weight excluding hydrogens is 444 g/mol. The lowest BCUT2D eigenvalue weighted by Gasteiger charge is -2.21. The molecule has 7 nitrogen and oxygen atoms in total. The molecule has 172 valence electrons. The van der Waals surface area contributed by atoms with Crippen molar-refractivity contribution in [2.24, 2.45) is 0 Å². The maximum absolute atomic E-state index is 13.3. The summed E-state index contributed by atoms with van der Waals surface area (Å²) in [6.45, 7) is 0.931. The summed E-state index contributed by atoms with van der Waals surface area (Å²) in [5.74, 6) is -1.09. The molecule has 33 heavy (non-hydrogen) atoms. The van der Waals surface area contributed by atoms with Gasteiger partial charge in [0.1, 0.15) is 11.6 Å². The van der Waals surface area contributed by atoms with E-state index in [2.05, 4.69) is 20.0 Å². The lowest BCUT2D eigenvalue weighted by molar-refractivity contribution is -0.274. The molecule has 1 aromatic carbocycles. The molecule has 1 amide bonds. The smallest absolute Gasteiger partial charge is 0.406 e. The Morgan fingerprint density at radius 1 is 1.12 bits per heavy atom. The number of halogens is 4. The summed E-state index contributed by atoms with van der Waals surface area (Å²) in [6.07, 6.45) is -2.06. The van der Waals surface area contributed by atoms with Gasteiger partial charge in [-0.1, -0.05) is 0 Å². The predicted molar refractivity (Wildman–Crippen MR) is 111 cm³/mol. The van der Waals surface area contributed by atoms with Gasteiger partial charge in [0.25, 0.3) is 5.91 Å². The molecule has 0 bridgehead atoms. The maximum Gasteiger partial charge on any atom is 0.573 e. The molecule has 0 saturated carbocycles. The number of β-amino-alcohol motifs (C(OH)–C–C–N with tert-alkyl or cyclic N) is 1. The number of benzene rings is 1. The van der Waals surface area contributed by atoms with E-state index >= 15 is 0 Å². The largest absolute Gasteiger partial charge is 0.573 e. The quantitative estimate of drug-likeness (QED) is 0.440. The van der Waals surface area contributed by atoms with E-state index < -0.39 is 30.1 Å². The monoisotopic (exact) mass is 462 g/mol. The van der Waals surface area contributed by atoms with Crippen LogP contribution in [0.25, 0.3) is 11.1 Å². The Bertz CT molecular complexity index is 1140. The zero-order valence-electron chi connectivity index (χ0n) is 17.0. The first kappa shape index (κ1) is 22.5. The van der Waals surface area contributed by atoms with Crippen LogP contribution in [0.4, 0.5) is 29.1 Å². The average Bonchev–Trinajstić information content (AvgIpc) is 3.20. The van der Waals surface area contributed by atoms with Crippen molar-refractivity contribution in [3.8, 4) is 16.9 Å². The van der Waals surface area contributed by atoms with E-state index in [0.717, 1.165) is 12.1 Å². The third kappa shape index (κ3) is 5.55. The van der Waals surface area contributed by atoms with Gasteiger partial charge in [-0.3, -0.25) is 4.79 Å². The lowest BCUT2D eigenvalue weighted by Crippen LogP contribution is -2.23. The fraction of sp³-hybridized carbons (Fsp3) is 0.227. The molecule has 1 fully saturated rings. The summed E-state index contributed by atoms with van der Waals surface area (Å²) in [5, 5.41) is 12.5. The van der Waals surface area contributed by atoms with Crippen LogP contribution in [0.3, 0.4) is 0 Å². The first-order valence-electron chi connectivity index (χ1n) is 9.90. The molecule has 2 aromatic heterocycles. The van der Waals surface area contributed by atoms with Crippen LogP contribution in [0.5, 0.6) is 5.75 Å². The van der Waals surface area contributed by atoms with Crippen molar-refractivity contribution in [3.63, 3.8) is 0 Å². The van der Waals surface area contributed by atoms with Crippen LogP contribution in [0.2, 0.25) is 0 Å². The van der Waals surface area contributed by atoms with Crippen LogP contribution in [0.15, 0.2) is 54.9 Å². The Morgan fingerprint density at radius 2 is 1.88 bits per heavy atom. The summed E-state index contributed by atoms with van der Waals surface area (Å²) < 4.78 is 54.0. The number of carbonyl (C=O) groups excluding carboxylic acids is 1. The van der Waals surface area contributed by atoms with Gasteiger partial charge in [0, 0.05) is 42.3 Å². The molecule has 2 N–H and O–H groups in total. The number of hydrogen-bond acceptors (Lipinski definition) is 6. The summed E-state index contributed by atoms with van der Waals surface area (Å²) in [4.78, 5) is 22.7. The average molecular weight is 462 g/mol. The number of rotatable bonds is 5. The van der Waals surface area contributed by atoms with E-state index in [-0.39, 0.29) is 11.3 Å². The highest BCUT2D eigenvalue weighted by Gasteiger charge is 2.31. The predicted octanol–water partition coefficient (Wildman–Crippen LogP) is 4.00. The summed E-state index contributed by atoms with van der Waals surface area (Å²) in [5.41, 5.74) is 1.49. The number of aliphatic hydroxyl groups is 1. The number of anilines is 2. The standard InChI is InChI=1S/C22H18F4N4O3/c23-19-6-1-13(10-27-19)18-9-14(11-28-20(18)30-8-7-16(31)12-30)21(32)29-15-2-4-17(5-3-15)33-22(24,25)26/h1-6,9-11,16,31H,7-8,12H2,(H,29,32)/t16-/m1/s1. The Morgan fingerprint density at radius 3 is 2.48 bits per heavy atom. The Labute approximate surface area is 185 Å². The van der Waals surface area contributed by atoms with Crippen molar-refractivity contribution in [2.45, 2.75) is 18.9 Å². The number of nitrogens with one attached hydrogen (secondary N) is 1. The van der Waals surface area contributed by atoms with E-state index in [1.807, 2.05) is 4.90 Å². The second kappa shape index (κ2) is 9.02. The zero-order chi connectivity index (χ0) is 23.6. The lowest BCUT2D eigenvalue weighted by atomic mass is 10.1. The van der Waals surface area contributed by atoms with Gasteiger partial charge in [-0.25, -0.2) is 9.97 Å². The van der Waals surface area contributed by atoms with E-state index in [9.17, 15) is 27.5 Å². The highest BCUT2D eigenvalue weighted by Crippen LogP contribution is 2.32.